The van der Waals surface area contributed by atoms with Crippen LogP contribution in [0, 0.1) is 5.92 Å². The molecule has 18 heavy (non-hydrogen) atoms. The van der Waals surface area contributed by atoms with Gasteiger partial charge in [0.15, 0.2) is 0 Å². The molecule has 1 aromatic rings. The van der Waals surface area contributed by atoms with Crippen molar-refractivity contribution in [2.75, 3.05) is 19.7 Å². The first-order valence-electron chi connectivity index (χ1n) is 6.19. The zero-order valence-electron chi connectivity index (χ0n) is 10.5. The maximum Gasteiger partial charge on any atom is 0.270 e. The number of rotatable bonds is 2. The first kappa shape index (κ1) is 12.8. The third-order valence-electron chi connectivity index (χ3n) is 3.47. The normalized spacial score (nSPS) is 19.9. The smallest absolute Gasteiger partial charge is 0.270 e. The summed E-state index contributed by atoms with van der Waals surface area (Å²) in [5.41, 5.74) is 0.220. The van der Waals surface area contributed by atoms with Gasteiger partial charge >= 0.3 is 0 Å². The number of likely N-dealkylation sites (tertiary alicyclic amines) is 1. The zero-order chi connectivity index (χ0) is 13.1. The summed E-state index contributed by atoms with van der Waals surface area (Å²) in [4.78, 5) is 25.5. The molecule has 1 unspecified atom stereocenters. The van der Waals surface area contributed by atoms with Crippen molar-refractivity contribution in [3.05, 3.63) is 34.2 Å². The molecule has 0 radical (unpaired) electrons. The van der Waals surface area contributed by atoms with Crippen LogP contribution in [0.3, 0.4) is 0 Å². The van der Waals surface area contributed by atoms with Gasteiger partial charge in [0, 0.05) is 32.8 Å². The minimum absolute atomic E-state index is 0.109. The van der Waals surface area contributed by atoms with Crippen LogP contribution >= 0.6 is 0 Å². The van der Waals surface area contributed by atoms with Crippen LogP contribution in [-0.2, 0) is 7.05 Å². The van der Waals surface area contributed by atoms with E-state index in [1.54, 1.807) is 24.1 Å². The van der Waals surface area contributed by atoms with Gasteiger partial charge in [0.2, 0.25) is 0 Å². The molecule has 98 valence electrons. The van der Waals surface area contributed by atoms with Crippen LogP contribution < -0.4 is 5.56 Å². The van der Waals surface area contributed by atoms with Crippen LogP contribution in [0.15, 0.2) is 23.0 Å². The molecule has 1 N–H and O–H groups in total. The van der Waals surface area contributed by atoms with Crippen molar-refractivity contribution < 1.29 is 9.90 Å². The van der Waals surface area contributed by atoms with Crippen LogP contribution in [0.2, 0.25) is 0 Å². The van der Waals surface area contributed by atoms with Crippen LogP contribution in [0.1, 0.15) is 23.3 Å². The number of aliphatic hydroxyl groups is 1. The molecule has 0 bridgehead atoms. The molecule has 1 amide bonds. The number of hydrogen-bond donors (Lipinski definition) is 1. The van der Waals surface area contributed by atoms with Crippen LogP contribution in [0.4, 0.5) is 0 Å². The maximum atomic E-state index is 12.3. The van der Waals surface area contributed by atoms with Gasteiger partial charge in [-0.15, -0.1) is 0 Å². The Hall–Kier alpha value is -1.62. The van der Waals surface area contributed by atoms with Crippen molar-refractivity contribution in [2.45, 2.75) is 12.8 Å². The number of piperidine rings is 1. The van der Waals surface area contributed by atoms with Gasteiger partial charge in [0.05, 0.1) is 0 Å². The van der Waals surface area contributed by atoms with Crippen LogP contribution in [-0.4, -0.2) is 40.2 Å². The zero-order valence-corrected chi connectivity index (χ0v) is 10.5. The molecular formula is C13H18N2O3. The lowest BCUT2D eigenvalue weighted by Gasteiger charge is -2.32. The van der Waals surface area contributed by atoms with E-state index in [0.29, 0.717) is 18.8 Å². The van der Waals surface area contributed by atoms with Gasteiger partial charge in [0.25, 0.3) is 11.5 Å². The molecule has 1 saturated heterocycles. The first-order chi connectivity index (χ1) is 8.63. The quantitative estimate of drug-likeness (QED) is 0.817. The van der Waals surface area contributed by atoms with E-state index >= 15 is 0 Å². The largest absolute Gasteiger partial charge is 0.396 e. The van der Waals surface area contributed by atoms with E-state index in [0.717, 1.165) is 12.8 Å². The Morgan fingerprint density at radius 1 is 1.50 bits per heavy atom. The molecule has 1 fully saturated rings. The Balaban J connectivity index is 2.20. The van der Waals surface area contributed by atoms with Crippen molar-refractivity contribution in [2.24, 2.45) is 13.0 Å². The van der Waals surface area contributed by atoms with Gasteiger partial charge in [-0.1, -0.05) is 6.07 Å². The van der Waals surface area contributed by atoms with E-state index in [2.05, 4.69) is 0 Å². The molecule has 0 spiro atoms. The summed E-state index contributed by atoms with van der Waals surface area (Å²) in [7, 11) is 1.60. The monoisotopic (exact) mass is 250 g/mol. The minimum Gasteiger partial charge on any atom is -0.396 e. The fourth-order valence-electron chi connectivity index (χ4n) is 2.34. The number of aliphatic hydroxyl groups excluding tert-OH is 1. The minimum atomic E-state index is -0.184. The molecule has 2 rings (SSSR count). The van der Waals surface area contributed by atoms with Gasteiger partial charge in [0.1, 0.15) is 5.69 Å². The summed E-state index contributed by atoms with van der Waals surface area (Å²) in [5, 5.41) is 9.17. The van der Waals surface area contributed by atoms with Crippen molar-refractivity contribution in [3.63, 3.8) is 0 Å². The molecule has 1 aliphatic rings. The molecule has 1 aliphatic heterocycles. The SMILES string of the molecule is Cn1c(C(=O)N2CCCC(CO)C2)cccc1=O. The molecule has 0 aliphatic carbocycles. The number of carbonyl (C=O) groups excluding carboxylic acids is 1. The first-order valence-corrected chi connectivity index (χ1v) is 6.19. The van der Waals surface area contributed by atoms with Gasteiger partial charge in [-0.05, 0) is 24.8 Å². The molecule has 5 heteroatoms. The highest BCUT2D eigenvalue weighted by atomic mass is 16.3. The fourth-order valence-corrected chi connectivity index (χ4v) is 2.34. The molecular weight excluding hydrogens is 232 g/mol. The second-order valence-corrected chi connectivity index (χ2v) is 4.75. The Morgan fingerprint density at radius 2 is 2.28 bits per heavy atom. The van der Waals surface area contributed by atoms with Crippen molar-refractivity contribution in [1.29, 1.82) is 0 Å². The fraction of sp³-hybridized carbons (Fsp3) is 0.538. The van der Waals surface area contributed by atoms with Gasteiger partial charge in [-0.3, -0.25) is 9.59 Å². The number of pyridine rings is 1. The number of amides is 1. The number of aromatic nitrogens is 1. The van der Waals surface area contributed by atoms with E-state index in [1.807, 2.05) is 0 Å². The number of nitrogens with zero attached hydrogens (tertiary/aromatic N) is 2. The second kappa shape index (κ2) is 5.35. The lowest BCUT2D eigenvalue weighted by atomic mass is 9.99. The molecule has 1 aromatic heterocycles. The predicted molar refractivity (Wildman–Crippen MR) is 67.4 cm³/mol. The molecule has 2 heterocycles. The average Bonchev–Trinajstić information content (AvgIpc) is 2.41. The van der Waals surface area contributed by atoms with Crippen molar-refractivity contribution in [1.82, 2.24) is 9.47 Å². The summed E-state index contributed by atoms with van der Waals surface area (Å²) in [6.07, 6.45) is 1.85. The Bertz CT molecular complexity index is 495. The highest BCUT2D eigenvalue weighted by molar-refractivity contribution is 5.92. The lowest BCUT2D eigenvalue weighted by molar-refractivity contribution is 0.0610. The summed E-state index contributed by atoms with van der Waals surface area (Å²) in [6.45, 7) is 1.37. The predicted octanol–water partition coefficient (Wildman–Crippen LogP) is 0.230. The van der Waals surface area contributed by atoms with E-state index < -0.39 is 0 Å². The van der Waals surface area contributed by atoms with E-state index in [-0.39, 0.29) is 24.0 Å². The topological polar surface area (TPSA) is 62.5 Å². The van der Waals surface area contributed by atoms with Crippen molar-refractivity contribution in [3.8, 4) is 0 Å². The highest BCUT2D eigenvalue weighted by Gasteiger charge is 2.25. The van der Waals surface area contributed by atoms with E-state index in [1.165, 1.54) is 10.6 Å². The number of carbonyl (C=O) groups is 1. The van der Waals surface area contributed by atoms with E-state index in [4.69, 9.17) is 5.11 Å². The molecule has 0 aromatic carbocycles. The van der Waals surface area contributed by atoms with Crippen LogP contribution in [0.5, 0.6) is 0 Å². The average molecular weight is 250 g/mol. The molecule has 5 nitrogen and oxygen atoms in total. The standard InChI is InChI=1S/C13H18N2O3/c1-14-11(5-2-6-12(14)17)13(18)15-7-3-4-10(8-15)9-16/h2,5-6,10,16H,3-4,7-9H2,1H3. The Morgan fingerprint density at radius 3 is 3.00 bits per heavy atom. The Kier molecular flexibility index (Phi) is 3.81. The lowest BCUT2D eigenvalue weighted by Crippen LogP contribution is -2.42. The summed E-state index contributed by atoms with van der Waals surface area (Å²) >= 11 is 0. The van der Waals surface area contributed by atoms with Gasteiger partial charge in [-0.2, -0.15) is 0 Å². The third-order valence-corrected chi connectivity index (χ3v) is 3.47. The third kappa shape index (κ3) is 2.46. The van der Waals surface area contributed by atoms with Gasteiger partial charge in [-0.25, -0.2) is 0 Å². The van der Waals surface area contributed by atoms with Crippen LogP contribution in [0.25, 0.3) is 0 Å². The Labute approximate surface area is 106 Å². The highest BCUT2D eigenvalue weighted by Crippen LogP contribution is 2.17. The summed E-state index contributed by atoms with van der Waals surface area (Å²) in [6, 6.07) is 4.69. The van der Waals surface area contributed by atoms with Crippen molar-refractivity contribution >= 4 is 5.91 Å². The number of hydrogen-bond acceptors (Lipinski definition) is 3. The van der Waals surface area contributed by atoms with E-state index in [9.17, 15) is 9.59 Å². The molecule has 1 atom stereocenters. The second-order valence-electron chi connectivity index (χ2n) is 4.75. The summed E-state index contributed by atoms with van der Waals surface area (Å²) < 4.78 is 1.37. The summed E-state index contributed by atoms with van der Waals surface area (Å²) in [5.74, 6) is 0.0248. The maximum absolute atomic E-state index is 12.3. The van der Waals surface area contributed by atoms with Gasteiger partial charge < -0.3 is 14.6 Å². The molecule has 0 saturated carbocycles.